The second-order valence-electron chi connectivity index (χ2n) is 10.1. The highest BCUT2D eigenvalue weighted by atomic mass is 28.3. The third-order valence-electron chi connectivity index (χ3n) is 6.03. The summed E-state index contributed by atoms with van der Waals surface area (Å²) in [6, 6.07) is 14.1. The van der Waals surface area contributed by atoms with Gasteiger partial charge in [0.15, 0.2) is 11.7 Å². The Morgan fingerprint density at radius 1 is 0.970 bits per heavy atom. The van der Waals surface area contributed by atoms with Gasteiger partial charge in [-0.05, 0) is 42.2 Å². The van der Waals surface area contributed by atoms with Crippen LogP contribution in [0, 0.1) is 11.5 Å². The fourth-order valence-electron chi connectivity index (χ4n) is 3.79. The maximum Gasteiger partial charge on any atom is 0.344 e. The van der Waals surface area contributed by atoms with E-state index in [0.29, 0.717) is 0 Å². The van der Waals surface area contributed by atoms with Crippen LogP contribution >= 0.6 is 0 Å². The number of ether oxygens (including phenoxy) is 2. The number of carbonyl (C=O) groups excluding carboxylic acids is 1. The van der Waals surface area contributed by atoms with E-state index >= 15 is 0 Å². The summed E-state index contributed by atoms with van der Waals surface area (Å²) in [5, 5.41) is 2.20. The smallest absolute Gasteiger partial charge is 0.344 e. The van der Waals surface area contributed by atoms with Crippen LogP contribution in [-0.2, 0) is 19.9 Å². The molecular weight excluding hydrogens is 424 g/mol. The highest BCUT2D eigenvalue weighted by molar-refractivity contribution is 6.83. The standard InChI is InChI=1S/C29H42O3Si/c1-7-8-9-10-11-12-13-18-27(21-22-33(4,5)6)32-28(30)29(2,31-3)26-20-19-24-16-14-15-17-25(24)23-26/h14-17,19-20,23,27H,7-13,18H2,1-6H3/t27-,29-/m0/s1. The summed E-state index contributed by atoms with van der Waals surface area (Å²) in [5.74, 6) is 2.92. The van der Waals surface area contributed by atoms with Gasteiger partial charge >= 0.3 is 5.97 Å². The van der Waals surface area contributed by atoms with Crippen LogP contribution in [0.1, 0.15) is 70.8 Å². The molecule has 2 atom stereocenters. The Morgan fingerprint density at radius 3 is 2.24 bits per heavy atom. The molecule has 0 radical (unpaired) electrons. The van der Waals surface area contributed by atoms with Crippen molar-refractivity contribution in [2.75, 3.05) is 7.11 Å². The first kappa shape index (κ1) is 27.2. The fourth-order valence-corrected chi connectivity index (χ4v) is 4.39. The molecule has 2 aromatic carbocycles. The molecule has 0 aliphatic carbocycles. The van der Waals surface area contributed by atoms with Crippen LogP contribution in [0.2, 0.25) is 19.6 Å². The maximum absolute atomic E-state index is 13.4. The highest BCUT2D eigenvalue weighted by Crippen LogP contribution is 2.30. The van der Waals surface area contributed by atoms with Crippen LogP contribution in [0.25, 0.3) is 10.8 Å². The molecule has 0 aliphatic rings. The number of benzene rings is 2. The van der Waals surface area contributed by atoms with Gasteiger partial charge in [-0.3, -0.25) is 0 Å². The zero-order valence-electron chi connectivity index (χ0n) is 21.5. The largest absolute Gasteiger partial charge is 0.447 e. The molecular formula is C29H42O3Si. The number of methoxy groups -OCH3 is 1. The summed E-state index contributed by atoms with van der Waals surface area (Å²) in [5.41, 5.74) is 3.02. The fraction of sp³-hybridized carbons (Fsp3) is 0.552. The van der Waals surface area contributed by atoms with Gasteiger partial charge in [-0.2, -0.15) is 0 Å². The van der Waals surface area contributed by atoms with E-state index in [9.17, 15) is 4.79 Å². The molecule has 180 valence electrons. The van der Waals surface area contributed by atoms with E-state index in [1.807, 2.05) is 36.4 Å². The van der Waals surface area contributed by atoms with Crippen molar-refractivity contribution < 1.29 is 14.3 Å². The van der Waals surface area contributed by atoms with Crippen LogP contribution < -0.4 is 0 Å². The first-order valence-electron chi connectivity index (χ1n) is 12.5. The average molecular weight is 467 g/mol. The molecule has 4 heteroatoms. The normalized spacial score (nSPS) is 14.2. The first-order chi connectivity index (χ1) is 15.7. The number of fused-ring (bicyclic) bond motifs is 1. The van der Waals surface area contributed by atoms with E-state index in [0.717, 1.165) is 35.6 Å². The van der Waals surface area contributed by atoms with Crippen molar-refractivity contribution in [3.8, 4) is 11.5 Å². The zero-order valence-corrected chi connectivity index (χ0v) is 22.5. The molecule has 0 unspecified atom stereocenters. The van der Waals surface area contributed by atoms with Crippen molar-refractivity contribution >= 4 is 24.8 Å². The molecule has 0 fully saturated rings. The maximum atomic E-state index is 13.4. The quantitative estimate of drug-likeness (QED) is 0.140. The predicted molar refractivity (Wildman–Crippen MR) is 142 cm³/mol. The number of carbonyl (C=O) groups is 1. The van der Waals surface area contributed by atoms with Gasteiger partial charge in [-0.25, -0.2) is 4.79 Å². The van der Waals surface area contributed by atoms with Crippen LogP contribution in [0.5, 0.6) is 0 Å². The SMILES string of the molecule is CCCCCCCCC[C@@H](C#C[Si](C)(C)C)OC(=O)[C@@](C)(OC)c1ccc2ccccc2c1. The van der Waals surface area contributed by atoms with Gasteiger partial charge in [0.25, 0.3) is 0 Å². The van der Waals surface area contributed by atoms with E-state index in [4.69, 9.17) is 9.47 Å². The summed E-state index contributed by atoms with van der Waals surface area (Å²) in [7, 11) is -0.00777. The van der Waals surface area contributed by atoms with Gasteiger partial charge in [0.1, 0.15) is 8.07 Å². The average Bonchev–Trinajstić information content (AvgIpc) is 2.80. The van der Waals surface area contributed by atoms with Gasteiger partial charge in [0.2, 0.25) is 0 Å². The van der Waals surface area contributed by atoms with E-state index in [-0.39, 0.29) is 5.97 Å². The lowest BCUT2D eigenvalue weighted by molar-refractivity contribution is -0.171. The van der Waals surface area contributed by atoms with Crippen molar-refractivity contribution in [1.82, 2.24) is 0 Å². The highest BCUT2D eigenvalue weighted by Gasteiger charge is 2.38. The lowest BCUT2D eigenvalue weighted by Gasteiger charge is -2.28. The van der Waals surface area contributed by atoms with Crippen molar-refractivity contribution in [2.45, 2.75) is 96.6 Å². The third-order valence-corrected chi connectivity index (χ3v) is 6.92. The Hall–Kier alpha value is -2.09. The Kier molecular flexibility index (Phi) is 10.7. The van der Waals surface area contributed by atoms with E-state index < -0.39 is 19.8 Å². The van der Waals surface area contributed by atoms with Crippen LogP contribution in [-0.4, -0.2) is 27.3 Å². The van der Waals surface area contributed by atoms with Crippen molar-refractivity contribution in [1.29, 1.82) is 0 Å². The molecule has 0 aromatic heterocycles. The topological polar surface area (TPSA) is 35.5 Å². The molecule has 0 saturated heterocycles. The molecule has 3 nitrogen and oxygen atoms in total. The van der Waals surface area contributed by atoms with Crippen LogP contribution in [0.3, 0.4) is 0 Å². The summed E-state index contributed by atoms with van der Waals surface area (Å²) >= 11 is 0. The number of hydrogen-bond acceptors (Lipinski definition) is 3. The lowest BCUT2D eigenvalue weighted by atomic mass is 9.93. The lowest BCUT2D eigenvalue weighted by Crippen LogP contribution is -2.38. The summed E-state index contributed by atoms with van der Waals surface area (Å²) < 4.78 is 11.7. The van der Waals surface area contributed by atoms with Crippen molar-refractivity contribution in [3.05, 3.63) is 48.0 Å². The number of hydrogen-bond donors (Lipinski definition) is 0. The molecule has 0 heterocycles. The minimum atomic E-state index is -1.57. The number of esters is 1. The van der Waals surface area contributed by atoms with Crippen molar-refractivity contribution in [3.63, 3.8) is 0 Å². The molecule has 0 saturated carbocycles. The first-order valence-corrected chi connectivity index (χ1v) is 16.0. The van der Waals surface area contributed by atoms with Crippen molar-refractivity contribution in [2.24, 2.45) is 0 Å². The van der Waals surface area contributed by atoms with Gasteiger partial charge in [0.05, 0.1) is 0 Å². The van der Waals surface area contributed by atoms with Crippen LogP contribution in [0.15, 0.2) is 42.5 Å². The van der Waals surface area contributed by atoms with E-state index in [1.54, 1.807) is 14.0 Å². The Bertz CT molecular complexity index is 950. The Balaban J connectivity index is 2.12. The summed E-state index contributed by atoms with van der Waals surface area (Å²) in [6.45, 7) is 10.7. The number of rotatable bonds is 12. The van der Waals surface area contributed by atoms with Gasteiger partial charge in [-0.15, -0.1) is 5.54 Å². The zero-order chi connectivity index (χ0) is 24.3. The molecule has 0 amide bonds. The second-order valence-corrected chi connectivity index (χ2v) is 14.9. The molecule has 2 rings (SSSR count). The minimum Gasteiger partial charge on any atom is -0.447 e. The van der Waals surface area contributed by atoms with Crippen LogP contribution in [0.4, 0.5) is 0 Å². The molecule has 0 aliphatic heterocycles. The monoisotopic (exact) mass is 466 g/mol. The Labute approximate surface area is 202 Å². The molecule has 2 aromatic rings. The second kappa shape index (κ2) is 13.0. The van der Waals surface area contributed by atoms with E-state index in [1.165, 1.54) is 32.1 Å². The molecule has 0 N–H and O–H groups in total. The van der Waals surface area contributed by atoms with Gasteiger partial charge in [-0.1, -0.05) is 107 Å². The Morgan fingerprint density at radius 2 is 1.61 bits per heavy atom. The van der Waals surface area contributed by atoms with Gasteiger partial charge < -0.3 is 9.47 Å². The minimum absolute atomic E-state index is 0.377. The summed E-state index contributed by atoms with van der Waals surface area (Å²) in [6.07, 6.45) is 8.94. The summed E-state index contributed by atoms with van der Waals surface area (Å²) in [4.78, 5) is 13.4. The van der Waals surface area contributed by atoms with Gasteiger partial charge in [0, 0.05) is 7.11 Å². The van der Waals surface area contributed by atoms with E-state index in [2.05, 4.69) is 44.1 Å². The molecule has 0 bridgehead atoms. The molecule has 0 spiro atoms. The predicted octanol–water partition coefficient (Wildman–Crippen LogP) is 7.63. The molecule has 33 heavy (non-hydrogen) atoms. The third kappa shape index (κ3) is 8.64. The number of unbranched alkanes of at least 4 members (excludes halogenated alkanes) is 6.